The Hall–Kier alpha value is -0.870. The van der Waals surface area contributed by atoms with Gasteiger partial charge >= 0.3 is 0 Å². The van der Waals surface area contributed by atoms with Crippen LogP contribution in [0.3, 0.4) is 0 Å². The van der Waals surface area contributed by atoms with Gasteiger partial charge in [-0.3, -0.25) is 4.68 Å². The SMILES string of the molecule is CCNC(Cc1cnn(CC)c1)CC1(OC)CCC1. The number of hydrogen-bond donors (Lipinski definition) is 1. The first-order chi connectivity index (χ1) is 9.21. The van der Waals surface area contributed by atoms with Gasteiger partial charge in [0.15, 0.2) is 0 Å². The molecule has 0 radical (unpaired) electrons. The standard InChI is InChI=1S/C15H27N3O/c1-4-16-14(10-15(19-3)7-6-8-15)9-13-11-17-18(5-2)12-13/h11-12,14,16H,4-10H2,1-3H3. The Morgan fingerprint density at radius 2 is 2.26 bits per heavy atom. The average molecular weight is 265 g/mol. The molecule has 1 heterocycles. The van der Waals surface area contributed by atoms with Crippen LogP contribution < -0.4 is 5.32 Å². The topological polar surface area (TPSA) is 39.1 Å². The maximum atomic E-state index is 5.75. The lowest BCUT2D eigenvalue weighted by atomic mass is 9.75. The van der Waals surface area contributed by atoms with Gasteiger partial charge in [0.2, 0.25) is 0 Å². The molecule has 0 bridgehead atoms. The lowest BCUT2D eigenvalue weighted by molar-refractivity contribution is -0.0833. The summed E-state index contributed by atoms with van der Waals surface area (Å²) >= 11 is 0. The van der Waals surface area contributed by atoms with Crippen LogP contribution in [0.2, 0.25) is 0 Å². The largest absolute Gasteiger partial charge is 0.378 e. The fourth-order valence-electron chi connectivity index (χ4n) is 2.99. The Kier molecular flexibility index (Phi) is 4.99. The zero-order valence-electron chi connectivity index (χ0n) is 12.5. The first-order valence-electron chi connectivity index (χ1n) is 7.51. The van der Waals surface area contributed by atoms with Crippen LogP contribution in [-0.4, -0.2) is 35.1 Å². The molecular weight excluding hydrogens is 238 g/mol. The lowest BCUT2D eigenvalue weighted by Gasteiger charge is -2.43. The number of nitrogens with one attached hydrogen (secondary N) is 1. The van der Waals surface area contributed by atoms with E-state index in [0.717, 1.165) is 25.9 Å². The van der Waals surface area contributed by atoms with E-state index in [2.05, 4.69) is 30.5 Å². The normalized spacial score (nSPS) is 19.1. The molecule has 19 heavy (non-hydrogen) atoms. The fraction of sp³-hybridized carbons (Fsp3) is 0.800. The van der Waals surface area contributed by atoms with Crippen molar-refractivity contribution in [1.29, 1.82) is 0 Å². The summed E-state index contributed by atoms with van der Waals surface area (Å²) in [5.41, 5.74) is 1.45. The van der Waals surface area contributed by atoms with Gasteiger partial charge < -0.3 is 10.1 Å². The summed E-state index contributed by atoms with van der Waals surface area (Å²) in [4.78, 5) is 0. The number of aryl methyl sites for hydroxylation is 1. The maximum absolute atomic E-state index is 5.75. The highest BCUT2D eigenvalue weighted by Crippen LogP contribution is 2.39. The molecule has 4 nitrogen and oxygen atoms in total. The summed E-state index contributed by atoms with van der Waals surface area (Å²) in [5.74, 6) is 0. The van der Waals surface area contributed by atoms with Crippen molar-refractivity contribution in [2.45, 2.75) is 64.1 Å². The van der Waals surface area contributed by atoms with Crippen molar-refractivity contribution < 1.29 is 4.74 Å². The first-order valence-corrected chi connectivity index (χ1v) is 7.51. The monoisotopic (exact) mass is 265 g/mol. The smallest absolute Gasteiger partial charge is 0.0693 e. The molecule has 1 N–H and O–H groups in total. The summed E-state index contributed by atoms with van der Waals surface area (Å²) in [6, 6.07) is 0.486. The van der Waals surface area contributed by atoms with Gasteiger partial charge in [-0.15, -0.1) is 0 Å². The molecule has 1 aromatic rings. The molecule has 1 aliphatic rings. The van der Waals surface area contributed by atoms with Gasteiger partial charge in [-0.1, -0.05) is 6.92 Å². The van der Waals surface area contributed by atoms with Crippen LogP contribution in [0.15, 0.2) is 12.4 Å². The van der Waals surface area contributed by atoms with E-state index in [1.165, 1.54) is 24.8 Å². The van der Waals surface area contributed by atoms with Crippen LogP contribution in [0.25, 0.3) is 0 Å². The molecule has 1 unspecified atom stereocenters. The number of rotatable bonds is 8. The van der Waals surface area contributed by atoms with E-state index in [-0.39, 0.29) is 5.60 Å². The Morgan fingerprint density at radius 3 is 2.74 bits per heavy atom. The third kappa shape index (κ3) is 3.57. The van der Waals surface area contributed by atoms with Crippen LogP contribution in [0.5, 0.6) is 0 Å². The Bertz CT molecular complexity index is 379. The molecule has 1 fully saturated rings. The number of methoxy groups -OCH3 is 1. The van der Waals surface area contributed by atoms with E-state index >= 15 is 0 Å². The van der Waals surface area contributed by atoms with Crippen molar-refractivity contribution in [3.63, 3.8) is 0 Å². The van der Waals surface area contributed by atoms with Gasteiger partial charge in [-0.2, -0.15) is 5.10 Å². The first kappa shape index (κ1) is 14.5. The third-order valence-corrected chi connectivity index (χ3v) is 4.30. The molecule has 4 heteroatoms. The summed E-state index contributed by atoms with van der Waals surface area (Å²) in [6.45, 7) is 6.23. The van der Waals surface area contributed by atoms with Crippen molar-refractivity contribution in [2.75, 3.05) is 13.7 Å². The van der Waals surface area contributed by atoms with Crippen LogP contribution >= 0.6 is 0 Å². The van der Waals surface area contributed by atoms with Crippen LogP contribution in [-0.2, 0) is 17.7 Å². The van der Waals surface area contributed by atoms with Gasteiger partial charge in [-0.05, 0) is 51.1 Å². The highest BCUT2D eigenvalue weighted by molar-refractivity contribution is 5.07. The molecule has 0 saturated heterocycles. The van der Waals surface area contributed by atoms with E-state index in [4.69, 9.17) is 4.74 Å². The van der Waals surface area contributed by atoms with E-state index < -0.39 is 0 Å². The van der Waals surface area contributed by atoms with Gasteiger partial charge in [0.05, 0.1) is 11.8 Å². The van der Waals surface area contributed by atoms with E-state index in [0.29, 0.717) is 6.04 Å². The molecule has 0 aliphatic heterocycles. The lowest BCUT2D eigenvalue weighted by Crippen LogP contribution is -2.46. The van der Waals surface area contributed by atoms with E-state index in [9.17, 15) is 0 Å². The van der Waals surface area contributed by atoms with E-state index in [1.54, 1.807) is 0 Å². The number of hydrogen-bond acceptors (Lipinski definition) is 3. The Balaban J connectivity index is 1.95. The summed E-state index contributed by atoms with van der Waals surface area (Å²) < 4.78 is 7.75. The summed E-state index contributed by atoms with van der Waals surface area (Å²) in [6.07, 6.45) is 10.0. The van der Waals surface area contributed by atoms with Crippen molar-refractivity contribution in [2.24, 2.45) is 0 Å². The quantitative estimate of drug-likeness (QED) is 0.784. The zero-order chi connectivity index (χ0) is 13.7. The summed E-state index contributed by atoms with van der Waals surface area (Å²) in [5, 5.41) is 7.96. The number of nitrogens with zero attached hydrogens (tertiary/aromatic N) is 2. The van der Waals surface area contributed by atoms with Crippen molar-refractivity contribution >= 4 is 0 Å². The van der Waals surface area contributed by atoms with Crippen molar-refractivity contribution in [3.8, 4) is 0 Å². The Labute approximate surface area is 116 Å². The molecule has 0 aromatic carbocycles. The van der Waals surface area contributed by atoms with E-state index in [1.807, 2.05) is 18.0 Å². The third-order valence-electron chi connectivity index (χ3n) is 4.30. The van der Waals surface area contributed by atoms with Gasteiger partial charge in [0, 0.05) is 25.9 Å². The fourth-order valence-corrected chi connectivity index (χ4v) is 2.99. The highest BCUT2D eigenvalue weighted by atomic mass is 16.5. The second kappa shape index (κ2) is 6.53. The molecule has 1 aromatic heterocycles. The zero-order valence-corrected chi connectivity index (χ0v) is 12.5. The molecule has 0 amide bonds. The Morgan fingerprint density at radius 1 is 1.47 bits per heavy atom. The second-order valence-corrected chi connectivity index (χ2v) is 5.61. The molecule has 1 aliphatic carbocycles. The van der Waals surface area contributed by atoms with Crippen LogP contribution in [0.1, 0.15) is 45.1 Å². The van der Waals surface area contributed by atoms with Crippen molar-refractivity contribution in [1.82, 2.24) is 15.1 Å². The maximum Gasteiger partial charge on any atom is 0.0693 e. The number of aromatic nitrogens is 2. The molecular formula is C15H27N3O. The minimum absolute atomic E-state index is 0.133. The van der Waals surface area contributed by atoms with Crippen LogP contribution in [0, 0.1) is 0 Å². The minimum atomic E-state index is 0.133. The van der Waals surface area contributed by atoms with Crippen molar-refractivity contribution in [3.05, 3.63) is 18.0 Å². The average Bonchev–Trinajstić information content (AvgIpc) is 2.81. The summed E-state index contributed by atoms with van der Waals surface area (Å²) in [7, 11) is 1.86. The van der Waals surface area contributed by atoms with Gasteiger partial charge in [-0.25, -0.2) is 0 Å². The molecule has 108 valence electrons. The molecule has 1 saturated carbocycles. The molecule has 2 rings (SSSR count). The van der Waals surface area contributed by atoms with Gasteiger partial charge in [0.1, 0.15) is 0 Å². The molecule has 0 spiro atoms. The number of ether oxygens (including phenoxy) is 1. The minimum Gasteiger partial charge on any atom is -0.378 e. The number of likely N-dealkylation sites (N-methyl/N-ethyl adjacent to an activating group) is 1. The van der Waals surface area contributed by atoms with Crippen LogP contribution in [0.4, 0.5) is 0 Å². The predicted molar refractivity (Wildman–Crippen MR) is 77.3 cm³/mol. The second-order valence-electron chi connectivity index (χ2n) is 5.61. The van der Waals surface area contributed by atoms with Gasteiger partial charge in [0.25, 0.3) is 0 Å². The predicted octanol–water partition coefficient (Wildman–Crippen LogP) is 2.38. The highest BCUT2D eigenvalue weighted by Gasteiger charge is 2.38. The molecule has 1 atom stereocenters.